The van der Waals surface area contributed by atoms with E-state index >= 15 is 0 Å². The van der Waals surface area contributed by atoms with Crippen LogP contribution >= 0.6 is 0 Å². The molecule has 0 aromatic rings. The molecule has 15 heavy (non-hydrogen) atoms. The second-order valence-electron chi connectivity index (χ2n) is 4.60. The normalized spacial score (nSPS) is 25.7. The second kappa shape index (κ2) is 5.47. The van der Waals surface area contributed by atoms with E-state index in [1.807, 2.05) is 13.8 Å². The molecule has 1 rings (SSSR count). The van der Waals surface area contributed by atoms with Crippen LogP contribution < -0.4 is 10.6 Å². The van der Waals surface area contributed by atoms with Gasteiger partial charge < -0.3 is 15.7 Å². The fourth-order valence-corrected chi connectivity index (χ4v) is 1.71. The summed E-state index contributed by atoms with van der Waals surface area (Å²) in [6.07, 6.45) is 2.75. The SMILES string of the molecule is CCC(C)(CO)NC(=O)[C@@H]1CCCNC1. The van der Waals surface area contributed by atoms with Gasteiger partial charge in [0.25, 0.3) is 0 Å². The number of hydrogen-bond donors (Lipinski definition) is 3. The Hall–Kier alpha value is -0.610. The van der Waals surface area contributed by atoms with Gasteiger partial charge in [-0.3, -0.25) is 4.79 Å². The molecule has 1 heterocycles. The Morgan fingerprint density at radius 1 is 1.67 bits per heavy atom. The molecule has 1 fully saturated rings. The van der Waals surface area contributed by atoms with Gasteiger partial charge in [0.15, 0.2) is 0 Å². The van der Waals surface area contributed by atoms with E-state index in [2.05, 4.69) is 10.6 Å². The molecule has 0 aromatic heterocycles. The molecule has 0 aromatic carbocycles. The molecule has 88 valence electrons. The Morgan fingerprint density at radius 2 is 2.40 bits per heavy atom. The molecule has 2 atom stereocenters. The zero-order valence-corrected chi connectivity index (χ0v) is 9.68. The highest BCUT2D eigenvalue weighted by Gasteiger charge is 2.28. The predicted octanol–water partition coefficient (Wildman–Crippen LogP) is 0.263. The number of carbonyl (C=O) groups excluding carboxylic acids is 1. The fourth-order valence-electron chi connectivity index (χ4n) is 1.71. The largest absolute Gasteiger partial charge is 0.394 e. The molecule has 0 spiro atoms. The third-order valence-corrected chi connectivity index (χ3v) is 3.22. The third kappa shape index (κ3) is 3.47. The van der Waals surface area contributed by atoms with Gasteiger partial charge in [0.1, 0.15) is 0 Å². The average Bonchev–Trinajstić information content (AvgIpc) is 2.30. The minimum absolute atomic E-state index is 0.00457. The Labute approximate surface area is 91.4 Å². The van der Waals surface area contributed by atoms with Gasteiger partial charge in [0, 0.05) is 6.54 Å². The van der Waals surface area contributed by atoms with Gasteiger partial charge in [-0.15, -0.1) is 0 Å². The van der Waals surface area contributed by atoms with Crippen molar-refractivity contribution in [3.8, 4) is 0 Å². The van der Waals surface area contributed by atoms with Crippen LogP contribution in [0, 0.1) is 5.92 Å². The maximum absolute atomic E-state index is 11.9. The molecular formula is C11H22N2O2. The quantitative estimate of drug-likeness (QED) is 0.629. The molecule has 0 aliphatic carbocycles. The average molecular weight is 214 g/mol. The van der Waals surface area contributed by atoms with Gasteiger partial charge >= 0.3 is 0 Å². The molecule has 0 bridgehead atoms. The van der Waals surface area contributed by atoms with E-state index in [1.54, 1.807) is 0 Å². The summed E-state index contributed by atoms with van der Waals surface area (Å²) in [5.74, 6) is 0.136. The van der Waals surface area contributed by atoms with Crippen molar-refractivity contribution in [1.29, 1.82) is 0 Å². The van der Waals surface area contributed by atoms with Crippen LogP contribution in [0.2, 0.25) is 0 Å². The van der Waals surface area contributed by atoms with Crippen molar-refractivity contribution < 1.29 is 9.90 Å². The highest BCUT2D eigenvalue weighted by Crippen LogP contribution is 2.14. The van der Waals surface area contributed by atoms with Crippen molar-refractivity contribution in [3.63, 3.8) is 0 Å². The Balaban J connectivity index is 2.46. The lowest BCUT2D eigenvalue weighted by molar-refractivity contribution is -0.127. The lowest BCUT2D eigenvalue weighted by Gasteiger charge is -2.31. The van der Waals surface area contributed by atoms with E-state index in [9.17, 15) is 9.90 Å². The first kappa shape index (κ1) is 12.5. The van der Waals surface area contributed by atoms with Gasteiger partial charge in [0.2, 0.25) is 5.91 Å². The molecule has 1 aliphatic heterocycles. The van der Waals surface area contributed by atoms with Crippen LogP contribution in [0.25, 0.3) is 0 Å². The zero-order chi connectivity index (χ0) is 11.3. The van der Waals surface area contributed by atoms with Crippen molar-refractivity contribution in [2.24, 2.45) is 5.92 Å². The number of aliphatic hydroxyl groups excluding tert-OH is 1. The van der Waals surface area contributed by atoms with Crippen molar-refractivity contribution in [2.45, 2.75) is 38.6 Å². The van der Waals surface area contributed by atoms with Crippen LogP contribution in [-0.4, -0.2) is 36.2 Å². The van der Waals surface area contributed by atoms with E-state index in [0.29, 0.717) is 0 Å². The molecule has 4 heteroatoms. The molecule has 4 nitrogen and oxygen atoms in total. The summed E-state index contributed by atoms with van der Waals surface area (Å²) in [5.41, 5.74) is -0.464. The van der Waals surface area contributed by atoms with E-state index < -0.39 is 5.54 Å². The van der Waals surface area contributed by atoms with Crippen LogP contribution in [0.5, 0.6) is 0 Å². The number of aliphatic hydroxyl groups is 1. The Morgan fingerprint density at radius 3 is 2.87 bits per heavy atom. The van der Waals surface area contributed by atoms with Gasteiger partial charge in [-0.25, -0.2) is 0 Å². The third-order valence-electron chi connectivity index (χ3n) is 3.22. The number of piperidine rings is 1. The molecule has 1 aliphatic rings. The predicted molar refractivity (Wildman–Crippen MR) is 59.5 cm³/mol. The van der Waals surface area contributed by atoms with E-state index in [-0.39, 0.29) is 18.4 Å². The van der Waals surface area contributed by atoms with Crippen LogP contribution in [0.1, 0.15) is 33.1 Å². The Bertz CT molecular complexity index is 209. The Kier molecular flexibility index (Phi) is 4.54. The van der Waals surface area contributed by atoms with Crippen molar-refractivity contribution in [3.05, 3.63) is 0 Å². The summed E-state index contributed by atoms with van der Waals surface area (Å²) in [6.45, 7) is 5.61. The molecule has 1 amide bonds. The molecule has 3 N–H and O–H groups in total. The minimum atomic E-state index is -0.464. The maximum Gasteiger partial charge on any atom is 0.224 e. The summed E-state index contributed by atoms with van der Waals surface area (Å²) in [4.78, 5) is 11.9. The maximum atomic E-state index is 11.9. The van der Waals surface area contributed by atoms with Crippen LogP contribution in [0.3, 0.4) is 0 Å². The first-order valence-electron chi connectivity index (χ1n) is 5.75. The fraction of sp³-hybridized carbons (Fsp3) is 0.909. The number of amides is 1. The number of hydrogen-bond acceptors (Lipinski definition) is 3. The topological polar surface area (TPSA) is 61.4 Å². The molecular weight excluding hydrogens is 192 g/mol. The van der Waals surface area contributed by atoms with Crippen LogP contribution in [0.4, 0.5) is 0 Å². The summed E-state index contributed by atoms with van der Waals surface area (Å²) < 4.78 is 0. The van der Waals surface area contributed by atoms with Crippen molar-refractivity contribution >= 4 is 5.91 Å². The van der Waals surface area contributed by atoms with E-state index in [0.717, 1.165) is 32.4 Å². The van der Waals surface area contributed by atoms with Gasteiger partial charge in [-0.2, -0.15) is 0 Å². The summed E-state index contributed by atoms with van der Waals surface area (Å²) in [5, 5.41) is 15.3. The highest BCUT2D eigenvalue weighted by atomic mass is 16.3. The lowest BCUT2D eigenvalue weighted by Crippen LogP contribution is -2.52. The van der Waals surface area contributed by atoms with Crippen LogP contribution in [-0.2, 0) is 4.79 Å². The summed E-state index contributed by atoms with van der Waals surface area (Å²) in [7, 11) is 0. The van der Waals surface area contributed by atoms with Crippen molar-refractivity contribution in [2.75, 3.05) is 19.7 Å². The zero-order valence-electron chi connectivity index (χ0n) is 9.68. The van der Waals surface area contributed by atoms with Gasteiger partial charge in [0.05, 0.1) is 18.1 Å². The van der Waals surface area contributed by atoms with Crippen LogP contribution in [0.15, 0.2) is 0 Å². The smallest absolute Gasteiger partial charge is 0.224 e. The molecule has 0 saturated carbocycles. The first-order valence-corrected chi connectivity index (χ1v) is 5.75. The first-order chi connectivity index (χ1) is 7.11. The monoisotopic (exact) mass is 214 g/mol. The van der Waals surface area contributed by atoms with E-state index in [1.165, 1.54) is 0 Å². The standard InChI is InChI=1S/C11H22N2O2/c1-3-11(2,8-14)13-10(15)9-5-4-6-12-7-9/h9,12,14H,3-8H2,1-2H3,(H,13,15)/t9-,11?/m1/s1. The summed E-state index contributed by atoms with van der Waals surface area (Å²) >= 11 is 0. The van der Waals surface area contributed by atoms with Crippen molar-refractivity contribution in [1.82, 2.24) is 10.6 Å². The molecule has 1 saturated heterocycles. The van der Waals surface area contributed by atoms with Gasteiger partial charge in [-0.1, -0.05) is 6.92 Å². The molecule has 1 unspecified atom stereocenters. The van der Waals surface area contributed by atoms with E-state index in [4.69, 9.17) is 0 Å². The number of carbonyl (C=O) groups is 1. The second-order valence-corrected chi connectivity index (χ2v) is 4.60. The summed E-state index contributed by atoms with van der Waals surface area (Å²) in [6, 6.07) is 0. The van der Waals surface area contributed by atoms with Gasteiger partial charge in [-0.05, 0) is 32.7 Å². The number of nitrogens with one attached hydrogen (secondary N) is 2. The lowest BCUT2D eigenvalue weighted by atomic mass is 9.95. The highest BCUT2D eigenvalue weighted by molar-refractivity contribution is 5.79. The number of rotatable bonds is 4. The molecule has 0 radical (unpaired) electrons. The minimum Gasteiger partial charge on any atom is -0.394 e.